The van der Waals surface area contributed by atoms with Crippen molar-refractivity contribution in [3.63, 3.8) is 0 Å². The minimum Gasteiger partial charge on any atom is -0.481 e. The predicted octanol–water partition coefficient (Wildman–Crippen LogP) is 5.98. The Bertz CT molecular complexity index is 846. The molecule has 0 bridgehead atoms. The summed E-state index contributed by atoms with van der Waals surface area (Å²) >= 11 is 1.49. The average molecular weight is 439 g/mol. The van der Waals surface area contributed by atoms with Crippen LogP contribution < -0.4 is 0 Å². The maximum absolute atomic E-state index is 14.4. The number of alkyl halides is 2. The van der Waals surface area contributed by atoms with E-state index in [0.717, 1.165) is 15.0 Å². The Labute approximate surface area is 178 Å². The van der Waals surface area contributed by atoms with Crippen LogP contribution in [0.2, 0.25) is 0 Å². The highest BCUT2D eigenvalue weighted by atomic mass is 32.1. The van der Waals surface area contributed by atoms with Crippen LogP contribution in [0.4, 0.5) is 8.78 Å². The first-order valence-electron chi connectivity index (χ1n) is 10.6. The molecule has 2 aromatic rings. The smallest absolute Gasteiger partial charge is 0.303 e. The van der Waals surface area contributed by atoms with Crippen LogP contribution in [-0.4, -0.2) is 27.9 Å². The molecule has 1 heterocycles. The number of hydrogen-bond acceptors (Lipinski definition) is 4. The van der Waals surface area contributed by atoms with Gasteiger partial charge in [0.1, 0.15) is 5.78 Å². The molecule has 0 unspecified atom stereocenters. The number of benzene rings is 1. The zero-order chi connectivity index (χ0) is 21.7. The lowest BCUT2D eigenvalue weighted by atomic mass is 9.85. The van der Waals surface area contributed by atoms with Gasteiger partial charge in [0.05, 0.1) is 12.5 Å². The normalized spacial score (nSPS) is 21.9. The lowest BCUT2D eigenvalue weighted by Crippen LogP contribution is -2.26. The van der Waals surface area contributed by atoms with E-state index < -0.39 is 42.0 Å². The number of rotatable bonds is 11. The number of halogens is 2. The Morgan fingerprint density at radius 1 is 1.17 bits per heavy atom. The van der Waals surface area contributed by atoms with Crippen molar-refractivity contribution in [1.82, 2.24) is 0 Å². The third-order valence-corrected chi connectivity index (χ3v) is 7.25. The molecule has 1 aromatic carbocycles. The molecule has 7 heteroatoms. The van der Waals surface area contributed by atoms with Crippen LogP contribution in [0.1, 0.15) is 68.8 Å². The number of aliphatic hydroxyl groups excluding tert-OH is 1. The van der Waals surface area contributed by atoms with Crippen molar-refractivity contribution in [2.75, 3.05) is 0 Å². The number of Topliss-reactive ketones (excluding diaryl/α,β-unsaturated/α-hetero) is 1. The van der Waals surface area contributed by atoms with Crippen molar-refractivity contribution in [3.8, 4) is 0 Å². The predicted molar refractivity (Wildman–Crippen MR) is 113 cm³/mol. The van der Waals surface area contributed by atoms with Gasteiger partial charge in [-0.2, -0.15) is 0 Å². The zero-order valence-electron chi connectivity index (χ0n) is 16.9. The van der Waals surface area contributed by atoms with Crippen LogP contribution in [-0.2, 0) is 9.59 Å². The van der Waals surface area contributed by atoms with Crippen LogP contribution in [0.25, 0.3) is 10.1 Å². The largest absolute Gasteiger partial charge is 0.481 e. The molecule has 0 spiro atoms. The standard InChI is InChI=1S/C23H28F2O4S/c24-23(25)14-19(27)16(17(23)8-3-1-2-4-10-22(28)29)11-12-18(26)21-13-15-7-5-6-9-20(15)30-21/h5-7,9,13,16-18,26H,1-4,8,10-12,14H2,(H,28,29)/t16-,17-,18-/m1/s1. The number of carbonyl (C=O) groups is 2. The summed E-state index contributed by atoms with van der Waals surface area (Å²) in [5.41, 5.74) is 0. The molecule has 30 heavy (non-hydrogen) atoms. The van der Waals surface area contributed by atoms with Gasteiger partial charge in [-0.1, -0.05) is 37.5 Å². The van der Waals surface area contributed by atoms with Gasteiger partial charge in [0.25, 0.3) is 5.92 Å². The third kappa shape index (κ3) is 5.64. The first kappa shape index (κ1) is 22.8. The summed E-state index contributed by atoms with van der Waals surface area (Å²) < 4.78 is 29.9. The molecule has 0 aliphatic heterocycles. The second-order valence-electron chi connectivity index (χ2n) is 8.24. The summed E-state index contributed by atoms with van der Waals surface area (Å²) in [6.07, 6.45) is 1.90. The molecular formula is C23H28F2O4S. The summed E-state index contributed by atoms with van der Waals surface area (Å²) in [4.78, 5) is 23.6. The maximum Gasteiger partial charge on any atom is 0.303 e. The van der Waals surface area contributed by atoms with Crippen molar-refractivity contribution in [2.24, 2.45) is 11.8 Å². The lowest BCUT2D eigenvalue weighted by Gasteiger charge is -2.24. The van der Waals surface area contributed by atoms with Gasteiger partial charge in [0, 0.05) is 27.8 Å². The zero-order valence-corrected chi connectivity index (χ0v) is 17.7. The van der Waals surface area contributed by atoms with E-state index >= 15 is 0 Å². The molecule has 164 valence electrons. The van der Waals surface area contributed by atoms with Crippen LogP contribution in [0, 0.1) is 11.8 Å². The Balaban J connectivity index is 1.54. The third-order valence-electron chi connectivity index (χ3n) is 6.03. The highest BCUT2D eigenvalue weighted by Gasteiger charge is 2.53. The summed E-state index contributed by atoms with van der Waals surface area (Å²) in [5.74, 6) is -5.95. The minimum absolute atomic E-state index is 0.0936. The van der Waals surface area contributed by atoms with Crippen LogP contribution in [0.15, 0.2) is 30.3 Å². The van der Waals surface area contributed by atoms with E-state index in [1.807, 2.05) is 30.3 Å². The number of carbonyl (C=O) groups excluding carboxylic acids is 1. The summed E-state index contributed by atoms with van der Waals surface area (Å²) in [6, 6.07) is 9.72. The molecule has 0 saturated heterocycles. The second kappa shape index (κ2) is 9.96. The molecule has 1 aliphatic carbocycles. The molecular weight excluding hydrogens is 410 g/mol. The van der Waals surface area contributed by atoms with Gasteiger partial charge in [0.15, 0.2) is 0 Å². The number of carboxylic acids is 1. The van der Waals surface area contributed by atoms with Crippen LogP contribution in [0.5, 0.6) is 0 Å². The Kier molecular flexibility index (Phi) is 7.58. The van der Waals surface area contributed by atoms with Gasteiger partial charge in [-0.25, -0.2) is 8.78 Å². The molecule has 3 atom stereocenters. The highest BCUT2D eigenvalue weighted by molar-refractivity contribution is 7.19. The fourth-order valence-corrected chi connectivity index (χ4v) is 5.51. The monoisotopic (exact) mass is 438 g/mol. The van der Waals surface area contributed by atoms with Crippen molar-refractivity contribution in [1.29, 1.82) is 0 Å². The van der Waals surface area contributed by atoms with Crippen LogP contribution >= 0.6 is 11.3 Å². The van der Waals surface area contributed by atoms with E-state index in [-0.39, 0.29) is 25.7 Å². The van der Waals surface area contributed by atoms with E-state index in [0.29, 0.717) is 25.7 Å². The second-order valence-corrected chi connectivity index (χ2v) is 9.36. The van der Waals surface area contributed by atoms with E-state index in [1.54, 1.807) is 0 Å². The van der Waals surface area contributed by atoms with Gasteiger partial charge in [-0.3, -0.25) is 9.59 Å². The Morgan fingerprint density at radius 2 is 1.90 bits per heavy atom. The number of thiophene rings is 1. The molecule has 1 fully saturated rings. The van der Waals surface area contributed by atoms with Crippen molar-refractivity contribution < 1.29 is 28.6 Å². The number of carboxylic acid groups (broad SMARTS) is 1. The number of hydrogen-bond donors (Lipinski definition) is 2. The Hall–Kier alpha value is -1.86. The number of aliphatic carboxylic acids is 1. The number of unbranched alkanes of at least 4 members (excludes halogenated alkanes) is 3. The molecule has 1 aliphatic rings. The first-order valence-corrected chi connectivity index (χ1v) is 11.4. The fourth-order valence-electron chi connectivity index (χ4n) is 4.43. The summed E-state index contributed by atoms with van der Waals surface area (Å²) in [6.45, 7) is 0. The SMILES string of the molecule is O=C(O)CCCCCC[C@@H]1[C@@H](CC[C@@H](O)c2cc3ccccc3s2)C(=O)CC1(F)F. The fraction of sp³-hybridized carbons (Fsp3) is 0.565. The molecule has 0 amide bonds. The number of aliphatic hydroxyl groups is 1. The van der Waals surface area contributed by atoms with Crippen molar-refractivity contribution in [2.45, 2.75) is 69.8 Å². The molecule has 3 rings (SSSR count). The lowest BCUT2D eigenvalue weighted by molar-refractivity contribution is -0.137. The van der Waals surface area contributed by atoms with E-state index in [4.69, 9.17) is 5.11 Å². The summed E-state index contributed by atoms with van der Waals surface area (Å²) in [5, 5.41) is 20.3. The topological polar surface area (TPSA) is 74.6 Å². The number of fused-ring (bicyclic) bond motifs is 1. The molecule has 0 radical (unpaired) electrons. The molecule has 2 N–H and O–H groups in total. The van der Waals surface area contributed by atoms with Gasteiger partial charge in [-0.05, 0) is 43.2 Å². The van der Waals surface area contributed by atoms with Crippen molar-refractivity contribution in [3.05, 3.63) is 35.2 Å². The quantitative estimate of drug-likeness (QED) is 0.423. The van der Waals surface area contributed by atoms with E-state index in [2.05, 4.69) is 0 Å². The summed E-state index contributed by atoms with van der Waals surface area (Å²) in [7, 11) is 0. The van der Waals surface area contributed by atoms with Crippen molar-refractivity contribution >= 4 is 33.2 Å². The maximum atomic E-state index is 14.4. The first-order chi connectivity index (χ1) is 14.3. The minimum atomic E-state index is -2.99. The van der Waals surface area contributed by atoms with E-state index in [1.165, 1.54) is 11.3 Å². The molecule has 1 aromatic heterocycles. The van der Waals surface area contributed by atoms with Gasteiger partial charge < -0.3 is 10.2 Å². The average Bonchev–Trinajstić information content (AvgIpc) is 3.20. The van der Waals surface area contributed by atoms with Gasteiger partial charge in [0.2, 0.25) is 0 Å². The number of ketones is 1. The van der Waals surface area contributed by atoms with Gasteiger partial charge >= 0.3 is 5.97 Å². The highest BCUT2D eigenvalue weighted by Crippen LogP contribution is 2.47. The van der Waals surface area contributed by atoms with Crippen LogP contribution in [0.3, 0.4) is 0 Å². The molecule has 1 saturated carbocycles. The Morgan fingerprint density at radius 3 is 2.63 bits per heavy atom. The molecule has 4 nitrogen and oxygen atoms in total. The van der Waals surface area contributed by atoms with E-state index in [9.17, 15) is 23.5 Å². The van der Waals surface area contributed by atoms with Gasteiger partial charge in [-0.15, -0.1) is 11.3 Å².